The number of nitrogens with one attached hydrogen (secondary N) is 1. The number of benzene rings is 1. The Labute approximate surface area is 124 Å². The molecule has 0 unspecified atom stereocenters. The van der Waals surface area contributed by atoms with Crippen molar-refractivity contribution in [1.29, 1.82) is 0 Å². The van der Waals surface area contributed by atoms with Gasteiger partial charge < -0.3 is 15.2 Å². The molecule has 0 saturated carbocycles. The number of ether oxygens (including phenoxy) is 1. The molecular formula is C16H21NO4. The maximum Gasteiger partial charge on any atom is 0.408 e. The third-order valence-corrected chi connectivity index (χ3v) is 2.47. The molecule has 0 saturated heterocycles. The molecule has 21 heavy (non-hydrogen) atoms. The molecule has 2 N–H and O–H groups in total. The first-order valence-electron chi connectivity index (χ1n) is 6.71. The van der Waals surface area contributed by atoms with E-state index in [1.54, 1.807) is 20.8 Å². The van der Waals surface area contributed by atoms with Gasteiger partial charge >= 0.3 is 12.1 Å². The zero-order valence-corrected chi connectivity index (χ0v) is 12.5. The van der Waals surface area contributed by atoms with E-state index in [0.717, 1.165) is 11.6 Å². The van der Waals surface area contributed by atoms with Crippen LogP contribution in [0.2, 0.25) is 0 Å². The fraction of sp³-hybridized carbons (Fsp3) is 0.375. The molecule has 1 amide bonds. The molecular weight excluding hydrogens is 270 g/mol. The molecule has 0 bridgehead atoms. The lowest BCUT2D eigenvalue weighted by Gasteiger charge is -2.22. The topological polar surface area (TPSA) is 75.6 Å². The van der Waals surface area contributed by atoms with Crippen molar-refractivity contribution in [2.75, 3.05) is 0 Å². The van der Waals surface area contributed by atoms with Gasteiger partial charge in [0.05, 0.1) is 6.04 Å². The fourth-order valence-corrected chi connectivity index (χ4v) is 1.69. The van der Waals surface area contributed by atoms with Gasteiger partial charge in [0.1, 0.15) is 5.60 Å². The van der Waals surface area contributed by atoms with Gasteiger partial charge in [-0.15, -0.1) is 0 Å². The van der Waals surface area contributed by atoms with Gasteiger partial charge in [0, 0.05) is 6.08 Å². The predicted octanol–water partition coefficient (Wildman–Crippen LogP) is 2.76. The third-order valence-electron chi connectivity index (χ3n) is 2.47. The van der Waals surface area contributed by atoms with E-state index < -0.39 is 23.7 Å². The zero-order chi connectivity index (χ0) is 15.9. The highest BCUT2D eigenvalue weighted by Crippen LogP contribution is 2.09. The van der Waals surface area contributed by atoms with Crippen LogP contribution in [0, 0.1) is 0 Å². The van der Waals surface area contributed by atoms with E-state index in [1.165, 1.54) is 6.08 Å². The zero-order valence-electron chi connectivity index (χ0n) is 12.5. The Bertz CT molecular complexity index is 503. The number of aliphatic carboxylic acids is 1. The lowest BCUT2D eigenvalue weighted by molar-refractivity contribution is -0.131. The summed E-state index contributed by atoms with van der Waals surface area (Å²) in [6.45, 7) is 5.31. The Balaban J connectivity index is 2.73. The van der Waals surface area contributed by atoms with E-state index in [4.69, 9.17) is 9.84 Å². The summed E-state index contributed by atoms with van der Waals surface area (Å²) in [6, 6.07) is 9.06. The minimum atomic E-state index is -1.06. The van der Waals surface area contributed by atoms with Crippen molar-refractivity contribution in [3.05, 3.63) is 48.0 Å². The predicted molar refractivity (Wildman–Crippen MR) is 80.1 cm³/mol. The number of carbonyl (C=O) groups excluding carboxylic acids is 1. The fourth-order valence-electron chi connectivity index (χ4n) is 1.69. The Morgan fingerprint density at radius 3 is 2.43 bits per heavy atom. The Morgan fingerprint density at radius 2 is 1.90 bits per heavy atom. The maximum absolute atomic E-state index is 11.8. The Morgan fingerprint density at radius 1 is 1.29 bits per heavy atom. The molecule has 0 radical (unpaired) electrons. The van der Waals surface area contributed by atoms with E-state index in [-0.39, 0.29) is 0 Å². The Kier molecular flexibility index (Phi) is 5.96. The normalized spacial score (nSPS) is 12.9. The second kappa shape index (κ2) is 7.47. The van der Waals surface area contributed by atoms with Crippen molar-refractivity contribution < 1.29 is 19.4 Å². The summed E-state index contributed by atoms with van der Waals surface area (Å²) in [4.78, 5) is 22.4. The van der Waals surface area contributed by atoms with Crippen LogP contribution in [0.25, 0.3) is 0 Å². The quantitative estimate of drug-likeness (QED) is 0.818. The number of hydrogen-bond acceptors (Lipinski definition) is 3. The maximum atomic E-state index is 11.8. The molecule has 0 spiro atoms. The van der Waals surface area contributed by atoms with E-state index in [1.807, 2.05) is 30.3 Å². The molecule has 0 fully saturated rings. The van der Waals surface area contributed by atoms with Gasteiger partial charge in [-0.25, -0.2) is 9.59 Å². The SMILES string of the molecule is CC(C)(C)OC(=O)N[C@H](C=CC(=O)O)Cc1ccccc1. The lowest BCUT2D eigenvalue weighted by Crippen LogP contribution is -2.39. The minimum absolute atomic E-state index is 0.446. The van der Waals surface area contributed by atoms with Crippen LogP contribution < -0.4 is 5.32 Å². The molecule has 1 aromatic rings. The van der Waals surface area contributed by atoms with Crippen LogP contribution in [0.1, 0.15) is 26.3 Å². The standard InChI is InChI=1S/C16H21NO4/c1-16(2,3)21-15(20)17-13(9-10-14(18)19)11-12-7-5-4-6-8-12/h4-10,13H,11H2,1-3H3,(H,17,20)(H,18,19)/t13-/m1/s1. The minimum Gasteiger partial charge on any atom is -0.478 e. The summed E-state index contributed by atoms with van der Waals surface area (Å²) in [6.07, 6.45) is 2.38. The van der Waals surface area contributed by atoms with Gasteiger partial charge in [0.25, 0.3) is 0 Å². The molecule has 114 valence electrons. The molecule has 0 aliphatic rings. The summed E-state index contributed by atoms with van der Waals surface area (Å²) in [5.74, 6) is -1.06. The van der Waals surface area contributed by atoms with Crippen molar-refractivity contribution in [3.63, 3.8) is 0 Å². The first-order valence-corrected chi connectivity index (χ1v) is 6.71. The number of amides is 1. The monoisotopic (exact) mass is 291 g/mol. The van der Waals surface area contributed by atoms with Crippen LogP contribution >= 0.6 is 0 Å². The van der Waals surface area contributed by atoms with Crippen molar-refractivity contribution in [1.82, 2.24) is 5.32 Å². The van der Waals surface area contributed by atoms with Crippen LogP contribution in [0.15, 0.2) is 42.5 Å². The molecule has 0 heterocycles. The summed E-state index contributed by atoms with van der Waals surface area (Å²) in [5, 5.41) is 11.4. The van der Waals surface area contributed by atoms with Crippen LogP contribution in [0.3, 0.4) is 0 Å². The van der Waals surface area contributed by atoms with Crippen LogP contribution in [-0.2, 0) is 16.0 Å². The molecule has 1 aromatic carbocycles. The number of carboxylic acid groups (broad SMARTS) is 1. The second-order valence-corrected chi connectivity index (χ2v) is 5.64. The van der Waals surface area contributed by atoms with Crippen molar-refractivity contribution in [2.24, 2.45) is 0 Å². The van der Waals surface area contributed by atoms with Crippen molar-refractivity contribution >= 4 is 12.1 Å². The number of hydrogen-bond donors (Lipinski definition) is 2. The Hall–Kier alpha value is -2.30. The summed E-state index contributed by atoms with van der Waals surface area (Å²) < 4.78 is 5.18. The first kappa shape index (κ1) is 16.8. The lowest BCUT2D eigenvalue weighted by atomic mass is 10.1. The third kappa shape index (κ3) is 7.77. The van der Waals surface area contributed by atoms with Gasteiger partial charge in [-0.05, 0) is 32.8 Å². The summed E-state index contributed by atoms with van der Waals surface area (Å²) in [5.41, 5.74) is 0.395. The van der Waals surface area contributed by atoms with Gasteiger partial charge in [-0.2, -0.15) is 0 Å². The molecule has 0 aliphatic heterocycles. The molecule has 1 atom stereocenters. The largest absolute Gasteiger partial charge is 0.478 e. The number of carboxylic acids is 1. The first-order chi connectivity index (χ1) is 9.76. The summed E-state index contributed by atoms with van der Waals surface area (Å²) >= 11 is 0. The number of carbonyl (C=O) groups is 2. The second-order valence-electron chi connectivity index (χ2n) is 5.64. The van der Waals surface area contributed by atoms with Crippen LogP contribution in [0.5, 0.6) is 0 Å². The van der Waals surface area contributed by atoms with E-state index in [0.29, 0.717) is 6.42 Å². The van der Waals surface area contributed by atoms with E-state index in [9.17, 15) is 9.59 Å². The highest BCUT2D eigenvalue weighted by atomic mass is 16.6. The van der Waals surface area contributed by atoms with E-state index >= 15 is 0 Å². The van der Waals surface area contributed by atoms with Gasteiger partial charge in [-0.1, -0.05) is 36.4 Å². The number of alkyl carbamates (subject to hydrolysis) is 1. The van der Waals surface area contributed by atoms with Crippen molar-refractivity contribution in [2.45, 2.75) is 38.8 Å². The number of rotatable bonds is 5. The smallest absolute Gasteiger partial charge is 0.408 e. The van der Waals surface area contributed by atoms with Gasteiger partial charge in [0.2, 0.25) is 0 Å². The summed E-state index contributed by atoms with van der Waals surface area (Å²) in [7, 11) is 0. The molecule has 5 heteroatoms. The average Bonchev–Trinajstić information content (AvgIpc) is 2.34. The van der Waals surface area contributed by atoms with Crippen LogP contribution in [0.4, 0.5) is 4.79 Å². The average molecular weight is 291 g/mol. The van der Waals surface area contributed by atoms with Crippen molar-refractivity contribution in [3.8, 4) is 0 Å². The van der Waals surface area contributed by atoms with E-state index in [2.05, 4.69) is 5.32 Å². The van der Waals surface area contributed by atoms with Gasteiger partial charge in [-0.3, -0.25) is 0 Å². The highest BCUT2D eigenvalue weighted by molar-refractivity contribution is 5.80. The van der Waals surface area contributed by atoms with Crippen LogP contribution in [-0.4, -0.2) is 28.8 Å². The molecule has 5 nitrogen and oxygen atoms in total. The molecule has 1 rings (SSSR count). The molecule has 0 aromatic heterocycles. The highest BCUT2D eigenvalue weighted by Gasteiger charge is 2.18. The molecule has 0 aliphatic carbocycles. The van der Waals surface area contributed by atoms with Gasteiger partial charge in [0.15, 0.2) is 0 Å².